The fraction of sp³-hybridized carbons (Fsp3) is 0.455. The Bertz CT molecular complexity index is 871. The summed E-state index contributed by atoms with van der Waals surface area (Å²) >= 11 is 0. The third-order valence-corrected chi connectivity index (χ3v) is 6.89. The molecule has 1 fully saturated rings. The summed E-state index contributed by atoms with van der Waals surface area (Å²) in [6.45, 7) is 4.44. The third kappa shape index (κ3) is 1.92. The molecule has 0 N–H and O–H groups in total. The highest BCUT2D eigenvalue weighted by Crippen LogP contribution is 2.41. The molecule has 2 aromatic rings. The maximum atomic E-state index is 13.3. The van der Waals surface area contributed by atoms with E-state index in [1.807, 2.05) is 12.1 Å². The minimum absolute atomic E-state index is 0.0245. The average molecular weight is 333 g/mol. The van der Waals surface area contributed by atoms with Gasteiger partial charge in [-0.05, 0) is 59.7 Å². The molecule has 3 aliphatic rings. The van der Waals surface area contributed by atoms with Crippen molar-refractivity contribution in [2.45, 2.75) is 52.0 Å². The van der Waals surface area contributed by atoms with Crippen LogP contribution >= 0.6 is 0 Å². The van der Waals surface area contributed by atoms with Crippen molar-refractivity contribution in [3.05, 3.63) is 46.5 Å². The lowest BCUT2D eigenvalue weighted by molar-refractivity contribution is 0.0385. The zero-order valence-electron chi connectivity index (χ0n) is 14.8. The highest BCUT2D eigenvalue weighted by Gasteiger charge is 2.42. The zero-order chi connectivity index (χ0) is 17.3. The summed E-state index contributed by atoms with van der Waals surface area (Å²) in [7, 11) is 0. The van der Waals surface area contributed by atoms with Gasteiger partial charge in [-0.25, -0.2) is 0 Å². The SMILES string of the molecule is C[C@@H]1[C@H](C)CCC[C@H]1N1C(=O)c2ccc3c4c(ccc(c24)C1=O)CC3. The van der Waals surface area contributed by atoms with Crippen molar-refractivity contribution in [3.63, 3.8) is 0 Å². The fourth-order valence-corrected chi connectivity index (χ4v) is 5.26. The van der Waals surface area contributed by atoms with Crippen LogP contribution in [0.15, 0.2) is 24.3 Å². The van der Waals surface area contributed by atoms with E-state index in [1.165, 1.54) is 22.9 Å². The summed E-state index contributed by atoms with van der Waals surface area (Å²) in [5, 5.41) is 2.08. The summed E-state index contributed by atoms with van der Waals surface area (Å²) in [4.78, 5) is 28.2. The van der Waals surface area contributed by atoms with Gasteiger partial charge in [0, 0.05) is 22.6 Å². The average Bonchev–Trinajstić information content (AvgIpc) is 3.03. The number of hydrogen-bond donors (Lipinski definition) is 0. The van der Waals surface area contributed by atoms with Gasteiger partial charge in [-0.15, -0.1) is 0 Å². The predicted molar refractivity (Wildman–Crippen MR) is 97.8 cm³/mol. The number of amides is 2. The van der Waals surface area contributed by atoms with Gasteiger partial charge in [0.2, 0.25) is 0 Å². The molecule has 0 saturated heterocycles. The summed E-state index contributed by atoms with van der Waals surface area (Å²) < 4.78 is 0. The van der Waals surface area contributed by atoms with Crippen LogP contribution in [0.5, 0.6) is 0 Å². The first-order valence-corrected chi connectivity index (χ1v) is 9.53. The number of nitrogens with zero attached hydrogens (tertiary/aromatic N) is 1. The van der Waals surface area contributed by atoms with Crippen LogP contribution in [0, 0.1) is 11.8 Å². The molecule has 0 aromatic heterocycles. The van der Waals surface area contributed by atoms with E-state index in [1.54, 1.807) is 4.90 Å². The van der Waals surface area contributed by atoms with Gasteiger partial charge in [0.15, 0.2) is 0 Å². The summed E-state index contributed by atoms with van der Waals surface area (Å²) in [5.41, 5.74) is 4.01. The van der Waals surface area contributed by atoms with Crippen LogP contribution in [0.1, 0.15) is 65.0 Å². The molecule has 1 aliphatic heterocycles. The Hall–Kier alpha value is -2.16. The smallest absolute Gasteiger partial charge is 0.261 e. The van der Waals surface area contributed by atoms with E-state index in [4.69, 9.17) is 0 Å². The minimum Gasteiger partial charge on any atom is -0.271 e. The lowest BCUT2D eigenvalue weighted by Crippen LogP contribution is -2.52. The molecule has 1 saturated carbocycles. The number of hydrogen-bond acceptors (Lipinski definition) is 2. The van der Waals surface area contributed by atoms with Crippen LogP contribution in [0.3, 0.4) is 0 Å². The van der Waals surface area contributed by atoms with E-state index in [2.05, 4.69) is 26.0 Å². The lowest BCUT2D eigenvalue weighted by Gasteiger charge is -2.42. The first-order valence-electron chi connectivity index (χ1n) is 9.53. The van der Waals surface area contributed by atoms with Crippen molar-refractivity contribution in [2.75, 3.05) is 0 Å². The third-order valence-electron chi connectivity index (χ3n) is 6.89. The Morgan fingerprint density at radius 3 is 2.04 bits per heavy atom. The fourth-order valence-electron chi connectivity index (χ4n) is 5.26. The van der Waals surface area contributed by atoms with Crippen molar-refractivity contribution < 1.29 is 9.59 Å². The molecule has 0 radical (unpaired) electrons. The summed E-state index contributed by atoms with van der Waals surface area (Å²) in [6, 6.07) is 8.12. The van der Waals surface area contributed by atoms with E-state index in [-0.39, 0.29) is 17.9 Å². The number of rotatable bonds is 1. The number of aryl methyl sites for hydroxylation is 2. The molecular weight excluding hydrogens is 310 g/mol. The second-order valence-electron chi connectivity index (χ2n) is 8.11. The number of carbonyl (C=O) groups is 2. The molecule has 0 bridgehead atoms. The number of imide groups is 1. The standard InChI is InChI=1S/C22H23NO2/c1-12-4-3-5-18(13(12)2)23-21(24)16-10-8-14-6-7-15-9-11-17(22(23)25)20(16)19(14)15/h8-13,18H,3-7H2,1-2H3/t12-,13-,18-/m1/s1. The molecule has 0 spiro atoms. The van der Waals surface area contributed by atoms with E-state index >= 15 is 0 Å². The molecule has 3 nitrogen and oxygen atoms in total. The lowest BCUT2D eigenvalue weighted by atomic mass is 9.76. The van der Waals surface area contributed by atoms with Gasteiger partial charge < -0.3 is 0 Å². The van der Waals surface area contributed by atoms with Gasteiger partial charge in [0.05, 0.1) is 0 Å². The van der Waals surface area contributed by atoms with Gasteiger partial charge >= 0.3 is 0 Å². The number of benzene rings is 2. The maximum Gasteiger partial charge on any atom is 0.261 e. The molecule has 5 rings (SSSR count). The predicted octanol–water partition coefficient (Wildman–Crippen LogP) is 4.36. The van der Waals surface area contributed by atoms with Crippen LogP contribution in [0.4, 0.5) is 0 Å². The Balaban J connectivity index is 1.69. The number of carbonyl (C=O) groups excluding carboxylic acids is 2. The molecule has 0 unspecified atom stereocenters. The first-order chi connectivity index (χ1) is 12.1. The molecular formula is C22H23NO2. The zero-order valence-corrected chi connectivity index (χ0v) is 14.8. The van der Waals surface area contributed by atoms with Gasteiger partial charge in [0.25, 0.3) is 11.8 Å². The van der Waals surface area contributed by atoms with Crippen LogP contribution in [-0.4, -0.2) is 22.8 Å². The van der Waals surface area contributed by atoms with E-state index < -0.39 is 0 Å². The maximum absolute atomic E-state index is 13.3. The van der Waals surface area contributed by atoms with Crippen molar-refractivity contribution in [2.24, 2.45) is 11.8 Å². The monoisotopic (exact) mass is 333 g/mol. The van der Waals surface area contributed by atoms with Crippen LogP contribution in [0.2, 0.25) is 0 Å². The molecule has 128 valence electrons. The largest absolute Gasteiger partial charge is 0.271 e. The van der Waals surface area contributed by atoms with Gasteiger partial charge in [0.1, 0.15) is 0 Å². The van der Waals surface area contributed by atoms with Crippen molar-refractivity contribution in [1.82, 2.24) is 4.90 Å². The molecule has 3 heteroatoms. The Morgan fingerprint density at radius 1 is 0.840 bits per heavy atom. The molecule has 3 atom stereocenters. The van der Waals surface area contributed by atoms with E-state index in [0.29, 0.717) is 11.8 Å². The van der Waals surface area contributed by atoms with E-state index in [9.17, 15) is 9.59 Å². The second-order valence-corrected chi connectivity index (χ2v) is 8.11. The second kappa shape index (κ2) is 5.17. The topological polar surface area (TPSA) is 37.4 Å². The molecule has 25 heavy (non-hydrogen) atoms. The van der Waals surface area contributed by atoms with Crippen LogP contribution < -0.4 is 0 Å². The van der Waals surface area contributed by atoms with Gasteiger partial charge in [-0.3, -0.25) is 14.5 Å². The van der Waals surface area contributed by atoms with Gasteiger partial charge in [-0.2, -0.15) is 0 Å². The Morgan fingerprint density at radius 2 is 1.44 bits per heavy atom. The molecule has 2 amide bonds. The van der Waals surface area contributed by atoms with Crippen molar-refractivity contribution >= 4 is 22.6 Å². The van der Waals surface area contributed by atoms with Gasteiger partial charge in [-0.1, -0.05) is 38.8 Å². The summed E-state index contributed by atoms with van der Waals surface area (Å²) in [5.74, 6) is 0.735. The highest BCUT2D eigenvalue weighted by atomic mass is 16.2. The molecule has 1 heterocycles. The van der Waals surface area contributed by atoms with Crippen LogP contribution in [-0.2, 0) is 12.8 Å². The Kier molecular flexibility index (Phi) is 3.13. The first kappa shape index (κ1) is 15.1. The van der Waals surface area contributed by atoms with E-state index in [0.717, 1.165) is 42.2 Å². The normalized spacial score (nSPS) is 28.1. The quantitative estimate of drug-likeness (QED) is 0.727. The van der Waals surface area contributed by atoms with Crippen LogP contribution in [0.25, 0.3) is 10.8 Å². The molecule has 2 aliphatic carbocycles. The minimum atomic E-state index is -0.0842. The highest BCUT2D eigenvalue weighted by molar-refractivity contribution is 6.26. The Labute approximate surface area is 148 Å². The summed E-state index contributed by atoms with van der Waals surface area (Å²) in [6.07, 6.45) is 5.23. The van der Waals surface area contributed by atoms with Crippen molar-refractivity contribution in [1.29, 1.82) is 0 Å². The van der Waals surface area contributed by atoms with Crippen molar-refractivity contribution in [3.8, 4) is 0 Å². The molecule has 2 aromatic carbocycles.